The monoisotopic (exact) mass is 277 g/mol. The molecule has 0 bridgehead atoms. The maximum atomic E-state index is 11.9. The fourth-order valence-electron chi connectivity index (χ4n) is 1.55. The van der Waals surface area contributed by atoms with E-state index in [1.54, 1.807) is 42.5 Å². The number of rotatable bonds is 5. The van der Waals surface area contributed by atoms with Crippen molar-refractivity contribution < 1.29 is 14.3 Å². The van der Waals surface area contributed by atoms with Crippen LogP contribution in [0, 0.1) is 0 Å². The van der Waals surface area contributed by atoms with Gasteiger partial charge in [-0.3, -0.25) is 4.79 Å². The minimum absolute atomic E-state index is 0.00958. The van der Waals surface area contributed by atoms with Crippen LogP contribution in [0.15, 0.2) is 52.0 Å². The molecule has 1 N–H and O–H groups in total. The maximum Gasteiger partial charge on any atom is 0.233 e. The zero-order valence-corrected chi connectivity index (χ0v) is 11.4. The number of phenolic OH excluding ortho intramolecular Hbond substituents is 1. The van der Waals surface area contributed by atoms with Gasteiger partial charge in [-0.25, -0.2) is 0 Å². The third kappa shape index (κ3) is 3.79. The second-order valence-electron chi connectivity index (χ2n) is 4.09. The second-order valence-corrected chi connectivity index (χ2v) is 5.10. The lowest BCUT2D eigenvalue weighted by Crippen LogP contribution is -2.27. The van der Waals surface area contributed by atoms with E-state index in [2.05, 4.69) is 0 Å². The number of carbonyl (C=O) groups is 1. The molecule has 1 aromatic carbocycles. The Morgan fingerprint density at radius 3 is 2.79 bits per heavy atom. The first-order chi connectivity index (χ1) is 9.16. The van der Waals surface area contributed by atoms with Crippen molar-refractivity contribution in [2.75, 3.05) is 12.8 Å². The first-order valence-electron chi connectivity index (χ1n) is 5.84. The van der Waals surface area contributed by atoms with Crippen molar-refractivity contribution in [2.24, 2.45) is 0 Å². The molecule has 2 rings (SSSR count). The van der Waals surface area contributed by atoms with Crippen molar-refractivity contribution in [3.05, 3.63) is 48.4 Å². The number of hydrogen-bond acceptors (Lipinski definition) is 4. The summed E-state index contributed by atoms with van der Waals surface area (Å²) in [6.07, 6.45) is 1.59. The Balaban J connectivity index is 1.86. The largest absolute Gasteiger partial charge is 0.507 e. The zero-order valence-electron chi connectivity index (χ0n) is 10.6. The topological polar surface area (TPSA) is 53.7 Å². The standard InChI is InChI=1S/C14H15NO3S/c1-15(9-11-5-4-8-18-11)14(17)10-19-13-7-3-2-6-12(13)16/h2-8,16H,9-10H2,1H3. The molecular weight excluding hydrogens is 262 g/mol. The van der Waals surface area contributed by atoms with Crippen LogP contribution >= 0.6 is 11.8 Å². The lowest BCUT2D eigenvalue weighted by atomic mass is 10.3. The molecule has 1 amide bonds. The second kappa shape index (κ2) is 6.33. The molecule has 0 aliphatic heterocycles. The molecule has 2 aromatic rings. The highest BCUT2D eigenvalue weighted by atomic mass is 32.2. The average Bonchev–Trinajstić information content (AvgIpc) is 2.90. The molecular formula is C14H15NO3S. The fraction of sp³-hybridized carbons (Fsp3) is 0.214. The van der Waals surface area contributed by atoms with Crippen LogP contribution in [-0.2, 0) is 11.3 Å². The summed E-state index contributed by atoms with van der Waals surface area (Å²) in [6.45, 7) is 0.452. The van der Waals surface area contributed by atoms with E-state index in [0.717, 1.165) is 5.76 Å². The van der Waals surface area contributed by atoms with Crippen LogP contribution < -0.4 is 0 Å². The molecule has 0 fully saturated rings. The Hall–Kier alpha value is -1.88. The van der Waals surface area contributed by atoms with Crippen LogP contribution in [0.2, 0.25) is 0 Å². The molecule has 0 unspecified atom stereocenters. The van der Waals surface area contributed by atoms with E-state index in [1.807, 2.05) is 12.1 Å². The number of hydrogen-bond donors (Lipinski definition) is 1. The van der Waals surface area contributed by atoms with E-state index >= 15 is 0 Å². The van der Waals surface area contributed by atoms with Gasteiger partial charge >= 0.3 is 0 Å². The van der Waals surface area contributed by atoms with Crippen LogP contribution in [0.5, 0.6) is 5.75 Å². The van der Waals surface area contributed by atoms with E-state index in [0.29, 0.717) is 11.4 Å². The fourth-order valence-corrected chi connectivity index (χ4v) is 2.44. The molecule has 0 atom stereocenters. The minimum atomic E-state index is -0.00958. The maximum absolute atomic E-state index is 11.9. The molecule has 0 aliphatic carbocycles. The van der Waals surface area contributed by atoms with Gasteiger partial charge in [0.15, 0.2) is 0 Å². The number of benzene rings is 1. The number of amides is 1. The molecule has 0 aliphatic rings. The molecule has 4 nitrogen and oxygen atoms in total. The van der Waals surface area contributed by atoms with Gasteiger partial charge in [-0.2, -0.15) is 0 Å². The summed E-state index contributed by atoms with van der Waals surface area (Å²) in [5.74, 6) is 1.23. The summed E-state index contributed by atoms with van der Waals surface area (Å²) >= 11 is 1.32. The smallest absolute Gasteiger partial charge is 0.233 e. The number of aromatic hydroxyl groups is 1. The lowest BCUT2D eigenvalue weighted by Gasteiger charge is -2.15. The summed E-state index contributed by atoms with van der Waals surface area (Å²) in [4.78, 5) is 14.2. The Bertz CT molecular complexity index is 539. The van der Waals surface area contributed by atoms with Crippen LogP contribution in [-0.4, -0.2) is 28.7 Å². The number of carbonyl (C=O) groups excluding carboxylic acids is 1. The minimum Gasteiger partial charge on any atom is -0.507 e. The molecule has 5 heteroatoms. The summed E-state index contributed by atoms with van der Waals surface area (Å²) in [5, 5.41) is 9.61. The normalized spacial score (nSPS) is 10.4. The first-order valence-corrected chi connectivity index (χ1v) is 6.82. The van der Waals surface area contributed by atoms with Gasteiger partial charge in [-0.1, -0.05) is 12.1 Å². The van der Waals surface area contributed by atoms with Crippen molar-refractivity contribution in [1.29, 1.82) is 0 Å². The number of furan rings is 1. The van der Waals surface area contributed by atoms with E-state index in [1.165, 1.54) is 11.8 Å². The lowest BCUT2D eigenvalue weighted by molar-refractivity contribution is -0.127. The van der Waals surface area contributed by atoms with Crippen LogP contribution in [0.1, 0.15) is 5.76 Å². The highest BCUT2D eigenvalue weighted by Gasteiger charge is 2.12. The number of nitrogens with zero attached hydrogens (tertiary/aromatic N) is 1. The summed E-state index contributed by atoms with van der Waals surface area (Å²) in [5.41, 5.74) is 0. The number of phenols is 1. The summed E-state index contributed by atoms with van der Waals surface area (Å²) < 4.78 is 5.20. The Kier molecular flexibility index (Phi) is 4.52. The van der Waals surface area contributed by atoms with Crippen molar-refractivity contribution in [2.45, 2.75) is 11.4 Å². The number of para-hydroxylation sites is 1. The number of thioether (sulfide) groups is 1. The molecule has 0 spiro atoms. The van der Waals surface area contributed by atoms with Crippen molar-refractivity contribution in [3.8, 4) is 5.75 Å². The molecule has 100 valence electrons. The summed E-state index contributed by atoms with van der Waals surface area (Å²) in [6, 6.07) is 10.6. The third-order valence-corrected chi connectivity index (χ3v) is 3.66. The Morgan fingerprint density at radius 2 is 2.11 bits per heavy atom. The third-order valence-electron chi connectivity index (χ3n) is 2.62. The molecule has 19 heavy (non-hydrogen) atoms. The Labute approximate surface area is 116 Å². The molecule has 0 saturated carbocycles. The predicted molar refractivity (Wildman–Crippen MR) is 74.0 cm³/mol. The van der Waals surface area contributed by atoms with E-state index < -0.39 is 0 Å². The van der Waals surface area contributed by atoms with E-state index in [9.17, 15) is 9.90 Å². The van der Waals surface area contributed by atoms with E-state index in [-0.39, 0.29) is 17.4 Å². The van der Waals surface area contributed by atoms with Gasteiger partial charge in [0.25, 0.3) is 0 Å². The Morgan fingerprint density at radius 1 is 1.32 bits per heavy atom. The molecule has 0 radical (unpaired) electrons. The van der Waals surface area contributed by atoms with Crippen molar-refractivity contribution in [3.63, 3.8) is 0 Å². The van der Waals surface area contributed by atoms with Gasteiger partial charge in [0.2, 0.25) is 5.91 Å². The van der Waals surface area contributed by atoms with Gasteiger partial charge in [0.05, 0.1) is 18.6 Å². The highest BCUT2D eigenvalue weighted by molar-refractivity contribution is 8.00. The predicted octanol–water partition coefficient (Wildman–Crippen LogP) is 2.74. The molecule has 1 heterocycles. The average molecular weight is 277 g/mol. The first kappa shape index (κ1) is 13.5. The molecule has 1 aromatic heterocycles. The van der Waals surface area contributed by atoms with E-state index in [4.69, 9.17) is 4.42 Å². The zero-order chi connectivity index (χ0) is 13.7. The van der Waals surface area contributed by atoms with Crippen molar-refractivity contribution in [1.82, 2.24) is 4.90 Å². The highest BCUT2D eigenvalue weighted by Crippen LogP contribution is 2.27. The van der Waals surface area contributed by atoms with Gasteiger partial charge in [0, 0.05) is 11.9 Å². The van der Waals surface area contributed by atoms with Crippen LogP contribution in [0.4, 0.5) is 0 Å². The van der Waals surface area contributed by atoms with Gasteiger partial charge in [-0.15, -0.1) is 11.8 Å². The van der Waals surface area contributed by atoms with Gasteiger partial charge in [0.1, 0.15) is 11.5 Å². The van der Waals surface area contributed by atoms with Crippen LogP contribution in [0.25, 0.3) is 0 Å². The quantitative estimate of drug-likeness (QED) is 0.854. The van der Waals surface area contributed by atoms with Gasteiger partial charge < -0.3 is 14.4 Å². The molecule has 0 saturated heterocycles. The van der Waals surface area contributed by atoms with Crippen molar-refractivity contribution >= 4 is 17.7 Å². The summed E-state index contributed by atoms with van der Waals surface area (Å²) in [7, 11) is 1.73. The SMILES string of the molecule is CN(Cc1ccco1)C(=O)CSc1ccccc1O. The van der Waals surface area contributed by atoms with Gasteiger partial charge in [-0.05, 0) is 24.3 Å². The van der Waals surface area contributed by atoms with Crippen LogP contribution in [0.3, 0.4) is 0 Å².